The minimum atomic E-state index is -0.0492. The molecule has 3 rings (SSSR count). The average molecular weight is 347 g/mol. The molecule has 0 radical (unpaired) electrons. The second-order valence-electron chi connectivity index (χ2n) is 6.73. The number of benzene rings is 2. The number of nitrogens with one attached hydrogen (secondary N) is 1. The van der Waals surface area contributed by atoms with E-state index in [1.807, 2.05) is 48.5 Å². The lowest BCUT2D eigenvalue weighted by atomic mass is 9.91. The third kappa shape index (κ3) is 4.74. The topological polar surface area (TPSA) is 38.3 Å². The van der Waals surface area contributed by atoms with Gasteiger partial charge in [-0.3, -0.25) is 4.79 Å². The van der Waals surface area contributed by atoms with Crippen LogP contribution in [-0.2, 0) is 9.53 Å². The summed E-state index contributed by atoms with van der Waals surface area (Å²) in [5.74, 6) is 6.55. The summed E-state index contributed by atoms with van der Waals surface area (Å²) >= 11 is 0. The average Bonchev–Trinajstić information content (AvgIpc) is 2.66. The van der Waals surface area contributed by atoms with Crippen molar-refractivity contribution in [2.45, 2.75) is 51.4 Å². The Bertz CT molecular complexity index is 804. The maximum Gasteiger partial charge on any atom is 0.217 e. The van der Waals surface area contributed by atoms with Gasteiger partial charge < -0.3 is 10.1 Å². The summed E-state index contributed by atoms with van der Waals surface area (Å²) in [5, 5.41) is 3.07. The predicted octanol–water partition coefficient (Wildman–Crippen LogP) is 4.22. The fourth-order valence-corrected chi connectivity index (χ4v) is 3.44. The zero-order valence-corrected chi connectivity index (χ0v) is 15.4. The van der Waals surface area contributed by atoms with Gasteiger partial charge in [0.1, 0.15) is 0 Å². The highest BCUT2D eigenvalue weighted by Gasteiger charge is 2.30. The van der Waals surface area contributed by atoms with Gasteiger partial charge in [0.15, 0.2) is 0 Å². The van der Waals surface area contributed by atoms with Crippen LogP contribution in [0.15, 0.2) is 54.6 Å². The maximum atomic E-state index is 11.5. The first-order valence-electron chi connectivity index (χ1n) is 9.24. The second kappa shape index (κ2) is 8.69. The summed E-state index contributed by atoms with van der Waals surface area (Å²) in [4.78, 5) is 11.5. The quantitative estimate of drug-likeness (QED) is 0.844. The van der Waals surface area contributed by atoms with Crippen LogP contribution in [0, 0.1) is 11.8 Å². The Hall–Kier alpha value is -2.57. The van der Waals surface area contributed by atoms with Crippen LogP contribution in [0.3, 0.4) is 0 Å². The predicted molar refractivity (Wildman–Crippen MR) is 104 cm³/mol. The number of hydrogen-bond acceptors (Lipinski definition) is 2. The highest BCUT2D eigenvalue weighted by Crippen LogP contribution is 2.34. The summed E-state index contributed by atoms with van der Waals surface area (Å²) in [7, 11) is 0. The van der Waals surface area contributed by atoms with E-state index in [-0.39, 0.29) is 24.2 Å². The molecule has 1 aliphatic heterocycles. The molecule has 0 aromatic heterocycles. The molecule has 1 N–H and O–H groups in total. The van der Waals surface area contributed by atoms with Crippen LogP contribution in [0.5, 0.6) is 0 Å². The molecule has 1 amide bonds. The number of carbonyl (C=O) groups is 1. The number of ether oxygens (including phenoxy) is 1. The van der Waals surface area contributed by atoms with Gasteiger partial charge in [-0.2, -0.15) is 0 Å². The molecule has 1 aliphatic rings. The molecule has 1 heterocycles. The van der Waals surface area contributed by atoms with Gasteiger partial charge in [0.25, 0.3) is 0 Å². The highest BCUT2D eigenvalue weighted by molar-refractivity contribution is 5.73. The van der Waals surface area contributed by atoms with Crippen LogP contribution in [0.4, 0.5) is 0 Å². The largest absolute Gasteiger partial charge is 0.370 e. The lowest BCUT2D eigenvalue weighted by Crippen LogP contribution is -2.42. The van der Waals surface area contributed by atoms with E-state index in [9.17, 15) is 4.79 Å². The van der Waals surface area contributed by atoms with Crippen molar-refractivity contribution in [3.8, 4) is 11.8 Å². The molecule has 3 heteroatoms. The first kappa shape index (κ1) is 18.2. The van der Waals surface area contributed by atoms with E-state index in [1.54, 1.807) is 6.92 Å². The minimum Gasteiger partial charge on any atom is -0.370 e. The second-order valence-corrected chi connectivity index (χ2v) is 6.73. The van der Waals surface area contributed by atoms with Crippen molar-refractivity contribution in [2.24, 2.45) is 0 Å². The van der Waals surface area contributed by atoms with Crippen LogP contribution in [-0.4, -0.2) is 18.1 Å². The summed E-state index contributed by atoms with van der Waals surface area (Å²) in [6.45, 7) is 3.70. The summed E-state index contributed by atoms with van der Waals surface area (Å²) in [5.41, 5.74) is 3.08. The Balaban J connectivity index is 1.86. The van der Waals surface area contributed by atoms with Crippen molar-refractivity contribution in [2.75, 3.05) is 0 Å². The molecule has 0 saturated carbocycles. The van der Waals surface area contributed by atoms with Crippen molar-refractivity contribution >= 4 is 5.91 Å². The molecule has 3 nitrogen and oxygen atoms in total. The third-order valence-corrected chi connectivity index (χ3v) is 4.69. The van der Waals surface area contributed by atoms with E-state index >= 15 is 0 Å². The van der Waals surface area contributed by atoms with Crippen LogP contribution in [0.25, 0.3) is 0 Å². The van der Waals surface area contributed by atoms with Gasteiger partial charge in [0, 0.05) is 24.1 Å². The monoisotopic (exact) mass is 347 g/mol. The maximum absolute atomic E-state index is 11.5. The molecule has 134 valence electrons. The zero-order chi connectivity index (χ0) is 18.4. The normalized spacial score (nSPS) is 22.2. The Labute approximate surface area is 155 Å². The van der Waals surface area contributed by atoms with Gasteiger partial charge in [0.2, 0.25) is 5.91 Å². The molecule has 1 saturated heterocycles. The van der Waals surface area contributed by atoms with E-state index in [0.29, 0.717) is 0 Å². The molecule has 2 aromatic carbocycles. The van der Waals surface area contributed by atoms with E-state index in [2.05, 4.69) is 30.1 Å². The Morgan fingerprint density at radius 2 is 1.81 bits per heavy atom. The van der Waals surface area contributed by atoms with Gasteiger partial charge in [-0.05, 0) is 43.0 Å². The first-order chi connectivity index (χ1) is 12.7. The van der Waals surface area contributed by atoms with Gasteiger partial charge in [0.05, 0.1) is 12.2 Å². The van der Waals surface area contributed by atoms with Crippen molar-refractivity contribution in [1.82, 2.24) is 5.32 Å². The molecule has 0 bridgehead atoms. The molecular weight excluding hydrogens is 322 g/mol. The number of rotatable bonds is 3. The minimum absolute atomic E-state index is 0.0163. The Kier molecular flexibility index (Phi) is 6.09. The number of hydrogen-bond donors (Lipinski definition) is 1. The van der Waals surface area contributed by atoms with Crippen molar-refractivity contribution < 1.29 is 9.53 Å². The van der Waals surface area contributed by atoms with E-state index in [4.69, 9.17) is 4.74 Å². The molecular formula is C23H25NO2. The van der Waals surface area contributed by atoms with E-state index in [1.165, 1.54) is 0 Å². The first-order valence-corrected chi connectivity index (χ1v) is 9.24. The molecule has 26 heavy (non-hydrogen) atoms. The summed E-state index contributed by atoms with van der Waals surface area (Å²) in [6, 6.07) is 18.3. The summed E-state index contributed by atoms with van der Waals surface area (Å²) < 4.78 is 6.31. The van der Waals surface area contributed by atoms with Crippen LogP contribution in [0.1, 0.15) is 55.9 Å². The Morgan fingerprint density at radius 3 is 2.54 bits per heavy atom. The van der Waals surface area contributed by atoms with E-state index < -0.39 is 0 Å². The lowest BCUT2D eigenvalue weighted by Gasteiger charge is -2.36. The van der Waals surface area contributed by atoms with Gasteiger partial charge in [-0.1, -0.05) is 55.2 Å². The molecule has 2 aromatic rings. The fourth-order valence-electron chi connectivity index (χ4n) is 3.44. The van der Waals surface area contributed by atoms with Crippen LogP contribution >= 0.6 is 0 Å². The molecule has 3 atom stereocenters. The van der Waals surface area contributed by atoms with Crippen LogP contribution in [0.2, 0.25) is 0 Å². The van der Waals surface area contributed by atoms with Gasteiger partial charge in [-0.15, -0.1) is 0 Å². The Morgan fingerprint density at radius 1 is 1.08 bits per heavy atom. The molecule has 0 spiro atoms. The van der Waals surface area contributed by atoms with E-state index in [0.717, 1.165) is 36.0 Å². The molecule has 0 aliphatic carbocycles. The van der Waals surface area contributed by atoms with Gasteiger partial charge in [-0.25, -0.2) is 0 Å². The number of amides is 1. The highest BCUT2D eigenvalue weighted by atomic mass is 16.5. The smallest absolute Gasteiger partial charge is 0.217 e. The van der Waals surface area contributed by atoms with Crippen molar-refractivity contribution in [3.63, 3.8) is 0 Å². The molecule has 0 unspecified atom stereocenters. The standard InChI is InChI=1S/C23H25NO2/c1-3-21-15-20(24-17(2)25)16-23(26-21)22-12-8-7-11-19(22)14-13-18-9-5-4-6-10-18/h4-12,20-21,23H,3,15-16H2,1-2H3,(H,24,25)/t20-,21+,23+/m0/s1. The molecule has 1 fully saturated rings. The fraction of sp³-hybridized carbons (Fsp3) is 0.348. The SMILES string of the molecule is CC[C@@H]1C[C@H](NC(C)=O)C[C@H](c2ccccc2C#Cc2ccccc2)O1. The van der Waals surface area contributed by atoms with Gasteiger partial charge >= 0.3 is 0 Å². The number of carbonyl (C=O) groups excluding carboxylic acids is 1. The zero-order valence-electron chi connectivity index (χ0n) is 15.4. The lowest BCUT2D eigenvalue weighted by molar-refractivity contribution is -0.122. The van der Waals surface area contributed by atoms with Crippen molar-refractivity contribution in [3.05, 3.63) is 71.3 Å². The van der Waals surface area contributed by atoms with Crippen LogP contribution < -0.4 is 5.32 Å². The summed E-state index contributed by atoms with van der Waals surface area (Å²) in [6.07, 6.45) is 2.68. The van der Waals surface area contributed by atoms with Crippen molar-refractivity contribution in [1.29, 1.82) is 0 Å². The third-order valence-electron chi connectivity index (χ3n) is 4.69.